The molecule has 0 spiro atoms. The minimum atomic E-state index is -1.48. The Bertz CT molecular complexity index is 4310. The van der Waals surface area contributed by atoms with E-state index in [1.807, 2.05) is 102 Å². The van der Waals surface area contributed by atoms with Crippen molar-refractivity contribution in [2.24, 2.45) is 17.2 Å². The molecule has 107 heavy (non-hydrogen) atoms. The third-order valence-electron chi connectivity index (χ3n) is 13.2. The zero-order valence-electron chi connectivity index (χ0n) is 61.3. The van der Waals surface area contributed by atoms with Crippen molar-refractivity contribution < 1.29 is 102 Å². The van der Waals surface area contributed by atoms with Gasteiger partial charge in [-0.3, -0.25) is 29.5 Å². The average molecular weight is 1640 g/mol. The van der Waals surface area contributed by atoms with Crippen molar-refractivity contribution in [3.63, 3.8) is 0 Å². The summed E-state index contributed by atoms with van der Waals surface area (Å²) < 4.78 is 25.1. The van der Waals surface area contributed by atoms with Crippen molar-refractivity contribution in [1.29, 1.82) is 0 Å². The van der Waals surface area contributed by atoms with Crippen LogP contribution in [-0.2, 0) is 57.9 Å². The van der Waals surface area contributed by atoms with Crippen molar-refractivity contribution >= 4 is 160 Å². The SMILES string of the molecule is CC(=O)OOC(C)=O.CC(C)(C)OC(=O)NCCN.CC(C)(C)OC(=O)NCCNCc1cncc(Br)c1.NCCNCc1cncc(-c2ccc3sc4ccc(-c5cncc(CNCCN)c5)cc4c3c2)c1.O=Cc1cncc(Br)c1.O[B]Oc1ccc2sc3ccc(B(O)O)cc3c2c1.[B-]OC(C)=O.[Na+]. The van der Waals surface area contributed by atoms with Crippen LogP contribution in [-0.4, -0.2) is 158 Å². The van der Waals surface area contributed by atoms with Crippen LogP contribution in [0.25, 0.3) is 62.6 Å². The van der Waals surface area contributed by atoms with E-state index in [4.69, 9.17) is 36.4 Å². The van der Waals surface area contributed by atoms with Gasteiger partial charge in [-0.15, -0.1) is 22.7 Å². The molecule has 0 atom stereocenters. The number of halogens is 2. The van der Waals surface area contributed by atoms with E-state index in [0.29, 0.717) is 70.3 Å². The van der Waals surface area contributed by atoms with Gasteiger partial charge in [-0.1, -0.05) is 24.3 Å². The first-order valence-corrected chi connectivity index (χ1v) is 36.0. The third-order valence-corrected chi connectivity index (χ3v) is 16.3. The predicted octanol–water partition coefficient (Wildman–Crippen LogP) is 6.16. The van der Waals surface area contributed by atoms with E-state index in [0.717, 1.165) is 103 Å². The zero-order valence-corrected chi connectivity index (χ0v) is 68.1. The average Bonchev–Trinajstić information content (AvgIpc) is 1.64. The number of ether oxygens (including phenoxy) is 2. The number of nitrogens with two attached hydrogens (primary N) is 3. The van der Waals surface area contributed by atoms with Gasteiger partial charge in [0.05, 0.1) is 0 Å². The van der Waals surface area contributed by atoms with Crippen LogP contribution >= 0.6 is 54.5 Å². The van der Waals surface area contributed by atoms with E-state index in [1.54, 1.807) is 54.2 Å². The summed E-state index contributed by atoms with van der Waals surface area (Å²) in [4.78, 5) is 85.9. The van der Waals surface area contributed by atoms with Gasteiger partial charge < -0.3 is 85.7 Å². The molecule has 4 aromatic carbocycles. The maximum atomic E-state index is 11.4. The van der Waals surface area contributed by atoms with Crippen molar-refractivity contribution in [3.05, 3.63) is 178 Å². The van der Waals surface area contributed by atoms with Gasteiger partial charge in [0.15, 0.2) is 6.29 Å². The fourth-order valence-corrected chi connectivity index (χ4v) is 11.7. The topological polar surface area (TPSA) is 408 Å². The molecule has 562 valence electrons. The van der Waals surface area contributed by atoms with Gasteiger partial charge in [0, 0.05) is 208 Å². The summed E-state index contributed by atoms with van der Waals surface area (Å²) in [5.74, 6) is -1.21. The van der Waals surface area contributed by atoms with Crippen LogP contribution in [0.4, 0.5) is 9.59 Å². The number of aldehydes is 1. The molecule has 0 saturated carbocycles. The van der Waals surface area contributed by atoms with E-state index >= 15 is 0 Å². The monoisotopic (exact) mass is 1640 g/mol. The van der Waals surface area contributed by atoms with E-state index < -0.39 is 48.4 Å². The second-order valence-corrected chi connectivity index (χ2v) is 28.4. The number of rotatable bonds is 21. The maximum absolute atomic E-state index is 11.4. The quantitative estimate of drug-likeness (QED) is 0.0126. The number of thiophene rings is 2. The number of pyridine rings is 4. The second kappa shape index (κ2) is 50.0. The Morgan fingerprint density at radius 1 is 0.523 bits per heavy atom. The van der Waals surface area contributed by atoms with Gasteiger partial charge in [0.25, 0.3) is 0 Å². The van der Waals surface area contributed by atoms with Crippen LogP contribution in [0.15, 0.2) is 156 Å². The van der Waals surface area contributed by atoms with Crippen LogP contribution in [0.2, 0.25) is 0 Å². The van der Waals surface area contributed by atoms with E-state index in [9.17, 15) is 38.8 Å². The Labute approximate surface area is 671 Å². The fraction of sp³-hybridized carbons (Fsp3) is 0.306. The number of aromatic nitrogens is 4. The molecule has 6 heterocycles. The van der Waals surface area contributed by atoms with Crippen LogP contribution in [0.5, 0.6) is 5.75 Å². The summed E-state index contributed by atoms with van der Waals surface area (Å²) in [6, 6.07) is 32.3. The number of hydrogen-bond acceptors (Lipinski definition) is 27. The van der Waals surface area contributed by atoms with Crippen LogP contribution in [0.1, 0.15) is 89.4 Å². The Balaban J connectivity index is 0.000000355. The number of carbonyl (C=O) groups excluding carboxylic acids is 6. The number of alkyl carbamates (subject to hydrolysis) is 2. The molecule has 0 fully saturated rings. The number of carbonyl (C=O) groups is 6. The van der Waals surface area contributed by atoms with Crippen molar-refractivity contribution in [1.82, 2.24) is 46.5 Å². The third kappa shape index (κ3) is 37.2. The van der Waals surface area contributed by atoms with Crippen molar-refractivity contribution in [3.8, 4) is 28.0 Å². The summed E-state index contributed by atoms with van der Waals surface area (Å²) in [6.07, 6.45) is 14.3. The molecule has 0 aliphatic carbocycles. The fourth-order valence-electron chi connectivity index (χ4n) is 8.81. The number of hydrogen-bond donors (Lipinski definition) is 11. The van der Waals surface area contributed by atoms with Crippen LogP contribution in [0.3, 0.4) is 0 Å². The van der Waals surface area contributed by atoms with Crippen LogP contribution < -0.4 is 83.5 Å². The molecule has 0 aliphatic heterocycles. The van der Waals surface area contributed by atoms with Crippen molar-refractivity contribution in [2.75, 3.05) is 52.4 Å². The Morgan fingerprint density at radius 2 is 0.925 bits per heavy atom. The summed E-state index contributed by atoms with van der Waals surface area (Å²) in [5, 5.41) is 46.6. The smallest absolute Gasteiger partial charge is 0.793 e. The largest absolute Gasteiger partial charge is 1.00 e. The summed E-state index contributed by atoms with van der Waals surface area (Å²) in [6.45, 7) is 21.6. The van der Waals surface area contributed by atoms with E-state index in [1.165, 1.54) is 44.4 Å². The Morgan fingerprint density at radius 3 is 1.33 bits per heavy atom. The number of benzene rings is 4. The van der Waals surface area contributed by atoms with Gasteiger partial charge in [0.2, 0.25) is 5.97 Å². The molecule has 10 aromatic rings. The van der Waals surface area contributed by atoms with Gasteiger partial charge >= 0.3 is 68.5 Å². The zero-order chi connectivity index (χ0) is 78.2. The molecule has 0 unspecified atom stereocenters. The van der Waals surface area contributed by atoms with E-state index in [2.05, 4.69) is 149 Å². The first kappa shape index (κ1) is 93.3. The minimum Gasteiger partial charge on any atom is -0.793 e. The first-order chi connectivity index (χ1) is 50.5. The van der Waals surface area contributed by atoms with Crippen molar-refractivity contribution in [2.45, 2.75) is 93.2 Å². The molecule has 6 aromatic heterocycles. The Hall–Kier alpha value is -7.87. The minimum absolute atomic E-state index is 0. The van der Waals surface area contributed by atoms with Gasteiger partial charge in [-0.25, -0.2) is 29.0 Å². The molecule has 27 nitrogen and oxygen atoms in total. The number of nitrogens with one attached hydrogen (secondary N) is 5. The molecule has 10 rings (SSSR count). The maximum Gasteiger partial charge on any atom is 1.00 e. The summed E-state index contributed by atoms with van der Waals surface area (Å²) in [5.41, 5.74) is 24.5. The number of nitrogens with zero attached hydrogens (tertiary/aromatic N) is 4. The summed E-state index contributed by atoms with van der Waals surface area (Å²) >= 11 is 9.99. The molecule has 35 heteroatoms. The first-order valence-electron chi connectivity index (χ1n) is 32.8. The predicted molar refractivity (Wildman–Crippen MR) is 425 cm³/mol. The normalized spacial score (nSPS) is 10.4. The molecule has 2 amide bonds. The Kier molecular flexibility index (Phi) is 43.6. The van der Waals surface area contributed by atoms with Gasteiger partial charge in [-0.2, -0.15) is 0 Å². The van der Waals surface area contributed by atoms with Crippen LogP contribution in [0, 0.1) is 0 Å². The number of amides is 2. The molecule has 0 aliphatic rings. The molecular formula is C72H88B3Br2N12NaO15S2. The van der Waals surface area contributed by atoms with Gasteiger partial charge in [0.1, 0.15) is 17.0 Å². The summed E-state index contributed by atoms with van der Waals surface area (Å²) in [7, 11) is 3.48. The van der Waals surface area contributed by atoms with Gasteiger partial charge in [-0.05, 0) is 179 Å². The van der Waals surface area contributed by atoms with E-state index in [-0.39, 0.29) is 29.6 Å². The molecule has 0 bridgehead atoms. The molecule has 0 saturated heterocycles. The molecular weight excluding hydrogens is 1550 g/mol. The molecule has 4 radical (unpaired) electrons. The molecule has 14 N–H and O–H groups in total. The number of fused-ring (bicyclic) bond motifs is 6. The second-order valence-electron chi connectivity index (χ2n) is 24.4. The standard InChI is InChI=1S/C28H30N6S.C13H20BrN3O2.C12H9B2O4S.C7H16N2O2.C6H4BrNO.C4H6O4.C2H3BO2.Na/c29-5-7-31-13-19-9-23(17-33-15-19)21-1-3-27-25(11-21)26-12-22(2-4-28(26)35-27)24-10-20(16-34-18-24)14-32-8-6-30;1-13(2,3)19-12(18)17-5-4-15-7-10-6-11(14)9-16-8-10;15-13-18-8-2-4-12-10(6-8)9-5-7(14(16)17)1-3-11(9)19-12;1-7(2,3)11-6(10)9-5-4-8;7-6-1-5(4-9)2-8-3-6;1-3(5)7-8-4(2)6;1-2(4)5-3;/h1-4,9-12,15-18,31-32H,5-8,13-14,29-30H2;6,8-9,15H,4-5,7H2,1-3H3,(H,17,18);1-6,15-17H;4-5,8H2,1-3H3,(H,9,10);1-4H;1-2H3;1H3;/q;;;;;;-1;+1.